The SMILES string of the molecule is CCc1onc(C)c1NC(=O)NCCC(C)O. The average Bonchev–Trinajstić information content (AvgIpc) is 2.59. The van der Waals surface area contributed by atoms with Crippen LogP contribution < -0.4 is 10.6 Å². The number of aryl methyl sites for hydroxylation is 2. The summed E-state index contributed by atoms with van der Waals surface area (Å²) in [6.07, 6.45) is 0.777. The van der Waals surface area contributed by atoms with Gasteiger partial charge in [0.05, 0.1) is 6.10 Å². The number of anilines is 1. The molecule has 0 spiro atoms. The summed E-state index contributed by atoms with van der Waals surface area (Å²) in [5, 5.41) is 18.2. The first kappa shape index (κ1) is 13.5. The fourth-order valence-corrected chi connectivity index (χ4v) is 1.37. The molecule has 0 aliphatic rings. The highest BCUT2D eigenvalue weighted by atomic mass is 16.5. The number of nitrogens with one attached hydrogen (secondary N) is 2. The molecule has 1 aromatic rings. The maximum absolute atomic E-state index is 11.5. The summed E-state index contributed by atoms with van der Waals surface area (Å²) in [5.41, 5.74) is 1.29. The van der Waals surface area contributed by atoms with Crippen LogP contribution in [0.5, 0.6) is 0 Å². The lowest BCUT2D eigenvalue weighted by Crippen LogP contribution is -2.31. The van der Waals surface area contributed by atoms with Crippen LogP contribution in [-0.2, 0) is 6.42 Å². The van der Waals surface area contributed by atoms with Crippen LogP contribution >= 0.6 is 0 Å². The Balaban J connectivity index is 2.47. The van der Waals surface area contributed by atoms with Crippen molar-refractivity contribution in [3.63, 3.8) is 0 Å². The van der Waals surface area contributed by atoms with Crippen molar-refractivity contribution in [1.82, 2.24) is 10.5 Å². The number of rotatable bonds is 5. The number of hydrogen-bond donors (Lipinski definition) is 3. The molecular weight excluding hydrogens is 222 g/mol. The van der Waals surface area contributed by atoms with Crippen molar-refractivity contribution in [2.45, 2.75) is 39.7 Å². The van der Waals surface area contributed by atoms with E-state index in [1.54, 1.807) is 13.8 Å². The highest BCUT2D eigenvalue weighted by Gasteiger charge is 2.13. The molecule has 0 aliphatic heterocycles. The Hall–Kier alpha value is -1.56. The number of carbonyl (C=O) groups excluding carboxylic acids is 1. The first-order chi connectivity index (χ1) is 8.04. The highest BCUT2D eigenvalue weighted by Crippen LogP contribution is 2.19. The normalized spacial score (nSPS) is 12.2. The molecule has 1 aromatic heterocycles. The Morgan fingerprint density at radius 3 is 2.88 bits per heavy atom. The number of aliphatic hydroxyl groups excluding tert-OH is 1. The second-order valence-electron chi connectivity index (χ2n) is 3.94. The number of hydrogen-bond acceptors (Lipinski definition) is 4. The van der Waals surface area contributed by atoms with E-state index in [1.807, 2.05) is 6.92 Å². The summed E-state index contributed by atoms with van der Waals surface area (Å²) in [4.78, 5) is 11.5. The summed E-state index contributed by atoms with van der Waals surface area (Å²) < 4.78 is 5.06. The molecule has 2 amide bonds. The lowest BCUT2D eigenvalue weighted by Gasteiger charge is -2.08. The number of nitrogens with zero attached hydrogens (tertiary/aromatic N) is 1. The van der Waals surface area contributed by atoms with Crippen molar-refractivity contribution in [2.24, 2.45) is 0 Å². The van der Waals surface area contributed by atoms with Gasteiger partial charge in [-0.3, -0.25) is 0 Å². The molecule has 0 saturated heterocycles. The zero-order chi connectivity index (χ0) is 12.8. The molecular formula is C11H19N3O3. The van der Waals surface area contributed by atoms with Crippen molar-refractivity contribution in [2.75, 3.05) is 11.9 Å². The molecule has 6 heteroatoms. The second-order valence-corrected chi connectivity index (χ2v) is 3.94. The molecule has 3 N–H and O–H groups in total. The molecule has 1 atom stereocenters. The third-order valence-corrected chi connectivity index (χ3v) is 2.34. The molecule has 1 rings (SSSR count). The smallest absolute Gasteiger partial charge is 0.319 e. The minimum atomic E-state index is -0.418. The number of urea groups is 1. The van der Waals surface area contributed by atoms with Crippen LogP contribution in [0.15, 0.2) is 4.52 Å². The summed E-state index contributed by atoms with van der Waals surface area (Å²) >= 11 is 0. The molecule has 0 aromatic carbocycles. The largest absolute Gasteiger partial charge is 0.393 e. The van der Waals surface area contributed by atoms with Gasteiger partial charge in [0.25, 0.3) is 0 Å². The van der Waals surface area contributed by atoms with E-state index in [2.05, 4.69) is 15.8 Å². The Morgan fingerprint density at radius 1 is 1.59 bits per heavy atom. The predicted molar refractivity (Wildman–Crippen MR) is 63.9 cm³/mol. The molecule has 0 bridgehead atoms. The zero-order valence-corrected chi connectivity index (χ0v) is 10.4. The molecule has 6 nitrogen and oxygen atoms in total. The first-order valence-electron chi connectivity index (χ1n) is 5.72. The average molecular weight is 241 g/mol. The van der Waals surface area contributed by atoms with Crippen LogP contribution in [0.2, 0.25) is 0 Å². The number of aromatic nitrogens is 1. The van der Waals surface area contributed by atoms with Crippen LogP contribution in [0.25, 0.3) is 0 Å². The van der Waals surface area contributed by atoms with E-state index in [1.165, 1.54) is 0 Å². The summed E-state index contributed by atoms with van der Waals surface area (Å²) in [6, 6.07) is -0.313. The van der Waals surface area contributed by atoms with Crippen molar-refractivity contribution < 1.29 is 14.4 Å². The van der Waals surface area contributed by atoms with Gasteiger partial charge in [0.2, 0.25) is 0 Å². The molecule has 96 valence electrons. The Bertz CT molecular complexity index is 374. The Labute approximate surface area is 100 Å². The molecule has 17 heavy (non-hydrogen) atoms. The van der Waals surface area contributed by atoms with E-state index in [0.29, 0.717) is 36.5 Å². The van der Waals surface area contributed by atoms with E-state index in [-0.39, 0.29) is 6.03 Å². The van der Waals surface area contributed by atoms with Crippen molar-refractivity contribution >= 4 is 11.7 Å². The lowest BCUT2D eigenvalue weighted by atomic mass is 10.2. The molecule has 0 aliphatic carbocycles. The van der Waals surface area contributed by atoms with Gasteiger partial charge >= 0.3 is 6.03 Å². The summed E-state index contributed by atoms with van der Waals surface area (Å²) in [5.74, 6) is 0.660. The van der Waals surface area contributed by atoms with Gasteiger partial charge < -0.3 is 20.3 Å². The fourth-order valence-electron chi connectivity index (χ4n) is 1.37. The number of amides is 2. The van der Waals surface area contributed by atoms with Crippen molar-refractivity contribution in [1.29, 1.82) is 0 Å². The van der Waals surface area contributed by atoms with E-state index in [0.717, 1.165) is 0 Å². The minimum absolute atomic E-state index is 0.313. The molecule has 1 unspecified atom stereocenters. The number of carbonyl (C=O) groups is 1. The van der Waals surface area contributed by atoms with Crippen LogP contribution in [0, 0.1) is 6.92 Å². The van der Waals surface area contributed by atoms with Crippen LogP contribution in [-0.4, -0.2) is 28.9 Å². The van der Waals surface area contributed by atoms with Gasteiger partial charge in [-0.05, 0) is 20.3 Å². The lowest BCUT2D eigenvalue weighted by molar-refractivity contribution is 0.184. The molecule has 0 saturated carbocycles. The second kappa shape index (κ2) is 6.24. The van der Waals surface area contributed by atoms with E-state index in [4.69, 9.17) is 9.63 Å². The molecule has 0 radical (unpaired) electrons. The summed E-state index contributed by atoms with van der Waals surface area (Å²) in [6.45, 7) is 5.80. The molecule has 0 fully saturated rings. The highest BCUT2D eigenvalue weighted by molar-refractivity contribution is 5.90. The Morgan fingerprint density at radius 2 is 2.29 bits per heavy atom. The van der Waals surface area contributed by atoms with Crippen molar-refractivity contribution in [3.8, 4) is 0 Å². The van der Waals surface area contributed by atoms with E-state index >= 15 is 0 Å². The van der Waals surface area contributed by atoms with Crippen LogP contribution in [0.4, 0.5) is 10.5 Å². The molecule has 1 heterocycles. The number of aliphatic hydroxyl groups is 1. The van der Waals surface area contributed by atoms with E-state index in [9.17, 15) is 4.79 Å². The maximum Gasteiger partial charge on any atom is 0.319 e. The maximum atomic E-state index is 11.5. The topological polar surface area (TPSA) is 87.4 Å². The van der Waals surface area contributed by atoms with Crippen LogP contribution in [0.1, 0.15) is 31.7 Å². The third kappa shape index (κ3) is 4.07. The van der Waals surface area contributed by atoms with E-state index < -0.39 is 6.10 Å². The summed E-state index contributed by atoms with van der Waals surface area (Å²) in [7, 11) is 0. The van der Waals surface area contributed by atoms with Gasteiger partial charge in [-0.25, -0.2) is 4.79 Å². The van der Waals surface area contributed by atoms with Gasteiger partial charge in [0.1, 0.15) is 11.4 Å². The standard InChI is InChI=1S/C11H19N3O3/c1-4-9-10(8(3)14-17-9)13-11(16)12-6-5-7(2)15/h7,15H,4-6H2,1-3H3,(H2,12,13,16). The monoisotopic (exact) mass is 241 g/mol. The van der Waals surface area contributed by atoms with Gasteiger partial charge in [-0.1, -0.05) is 12.1 Å². The first-order valence-corrected chi connectivity index (χ1v) is 5.72. The van der Waals surface area contributed by atoms with Crippen molar-refractivity contribution in [3.05, 3.63) is 11.5 Å². The van der Waals surface area contributed by atoms with Gasteiger partial charge in [0.15, 0.2) is 5.76 Å². The Kier molecular flexibility index (Phi) is 4.96. The third-order valence-electron chi connectivity index (χ3n) is 2.34. The van der Waals surface area contributed by atoms with Crippen LogP contribution in [0.3, 0.4) is 0 Å². The minimum Gasteiger partial charge on any atom is -0.393 e. The van der Waals surface area contributed by atoms with Gasteiger partial charge in [-0.2, -0.15) is 0 Å². The van der Waals surface area contributed by atoms with Gasteiger partial charge in [-0.15, -0.1) is 0 Å². The quantitative estimate of drug-likeness (QED) is 0.728. The van der Waals surface area contributed by atoms with Gasteiger partial charge in [0, 0.05) is 13.0 Å². The predicted octanol–water partition coefficient (Wildman–Crippen LogP) is 1.44. The fraction of sp³-hybridized carbons (Fsp3) is 0.636. The zero-order valence-electron chi connectivity index (χ0n) is 10.4.